The number of hydrogen-bond acceptors (Lipinski definition) is 14. The smallest absolute Gasteiger partial charge is 0.412 e. The average molecular weight is 683 g/mol. The molecule has 2 aromatic rings. The molecule has 2 heterocycles. The van der Waals surface area contributed by atoms with Gasteiger partial charge in [-0.15, -0.1) is 20.5 Å². The number of aromatic nitrogens is 2. The van der Waals surface area contributed by atoms with Crippen LogP contribution in [0, 0.1) is 54.0 Å². The summed E-state index contributed by atoms with van der Waals surface area (Å²) in [5.41, 5.74) is 2.07. The minimum atomic E-state index is -4.94. The fourth-order valence-electron chi connectivity index (χ4n) is 2.38. The number of nitriles is 2. The van der Waals surface area contributed by atoms with E-state index >= 15 is 0 Å². The minimum absolute atomic E-state index is 0. The first-order valence-corrected chi connectivity index (χ1v) is 13.5. The van der Waals surface area contributed by atoms with Crippen LogP contribution < -0.4 is 37.3 Å². The van der Waals surface area contributed by atoms with Gasteiger partial charge in [-0.25, -0.2) is 47.2 Å². The van der Waals surface area contributed by atoms with Crippen LogP contribution >= 0.6 is 0 Å². The van der Waals surface area contributed by atoms with Gasteiger partial charge in [0.05, 0.1) is 34.9 Å². The Morgan fingerprint density at radius 2 is 0.833 bits per heavy atom. The predicted molar refractivity (Wildman–Crippen MR) is 122 cm³/mol. The number of nitrogens with zero attached hydrogens (tertiary/aromatic N) is 4. The third-order valence-electron chi connectivity index (χ3n) is 4.00. The van der Waals surface area contributed by atoms with Crippen molar-refractivity contribution < 1.29 is 90.5 Å². The van der Waals surface area contributed by atoms with Crippen LogP contribution in [0.25, 0.3) is 11.4 Å². The molecule has 18 heteroatoms. The summed E-state index contributed by atoms with van der Waals surface area (Å²) in [6.07, 6.45) is -1.30. The molecule has 240 valence electrons. The normalized spacial score (nSPS) is 11.9. The van der Waals surface area contributed by atoms with Crippen molar-refractivity contribution in [3.05, 3.63) is 47.8 Å². The summed E-state index contributed by atoms with van der Waals surface area (Å²) in [5.74, 6) is 0. The Labute approximate surface area is 260 Å². The Balaban J connectivity index is -0.000000211. The van der Waals surface area contributed by atoms with Crippen LogP contribution in [0.3, 0.4) is 0 Å². The topological polar surface area (TPSA) is 330 Å². The van der Waals surface area contributed by atoms with Crippen molar-refractivity contribution in [1.29, 1.82) is 10.5 Å². The number of pyridine rings is 2. The first-order chi connectivity index (χ1) is 17.8. The van der Waals surface area contributed by atoms with E-state index in [1.54, 1.807) is 12.1 Å². The van der Waals surface area contributed by atoms with Crippen molar-refractivity contribution in [3.63, 3.8) is 0 Å². The van der Waals surface area contributed by atoms with Crippen LogP contribution in [0.1, 0.15) is 79.0 Å². The Morgan fingerprint density at radius 3 is 1.00 bits per heavy atom. The van der Waals surface area contributed by atoms with Gasteiger partial charge in [0.2, 0.25) is 0 Å². The van der Waals surface area contributed by atoms with E-state index in [0.717, 1.165) is 0 Å². The van der Waals surface area contributed by atoms with Crippen molar-refractivity contribution >= 4 is 0 Å². The first-order valence-electron chi connectivity index (χ1n) is 11.0. The summed E-state index contributed by atoms with van der Waals surface area (Å²) >= 11 is 0. The van der Waals surface area contributed by atoms with Gasteiger partial charge >= 0.3 is 17.1 Å². The summed E-state index contributed by atoms with van der Waals surface area (Å²) in [5, 5.41) is 35.5. The first kappa shape index (κ1) is 49.6. The molecule has 0 aliphatic carbocycles. The van der Waals surface area contributed by atoms with Crippen LogP contribution in [-0.2, 0) is 17.1 Å². The summed E-state index contributed by atoms with van der Waals surface area (Å²) in [7, 11) is -9.89. The second kappa shape index (κ2) is 22.5. The molecule has 0 saturated carbocycles. The van der Waals surface area contributed by atoms with Crippen molar-refractivity contribution in [2.24, 2.45) is 10.8 Å². The molecule has 0 amide bonds. The maximum Gasteiger partial charge on any atom is 2.00 e. The zero-order valence-electron chi connectivity index (χ0n) is 24.2. The van der Waals surface area contributed by atoms with E-state index < -0.39 is 32.7 Å². The van der Waals surface area contributed by atoms with E-state index in [4.69, 9.17) is 47.8 Å². The number of halogens is 2. The second-order valence-electron chi connectivity index (χ2n) is 9.64. The SMILES string of the molecule is CC#N.CC#N.CC(C)(C)[C@H](O)c1cccc(-c2cccc([C@@H](O)C(C)(C)C)n2)n1.O.[Fe+2].[O-][Cl+3]([O-])([O-])[O-].[O-][Cl+3]([O-])([O-])[O-]. The molecule has 0 bridgehead atoms. The molecule has 2 aromatic heterocycles. The average Bonchev–Trinajstić information content (AvgIpc) is 2.76. The Bertz CT molecular complexity index is 979. The van der Waals surface area contributed by atoms with Gasteiger partial charge in [0.15, 0.2) is 0 Å². The summed E-state index contributed by atoms with van der Waals surface area (Å²) in [6.45, 7) is 14.7. The molecule has 0 aliphatic rings. The molecule has 0 spiro atoms. The van der Waals surface area contributed by atoms with Gasteiger partial charge in [-0.05, 0) is 35.1 Å². The molecular formula is C24H36Cl2FeN4O11. The van der Waals surface area contributed by atoms with E-state index in [-0.39, 0.29) is 33.4 Å². The van der Waals surface area contributed by atoms with Gasteiger partial charge in [0.25, 0.3) is 0 Å². The van der Waals surface area contributed by atoms with Crippen LogP contribution in [0.4, 0.5) is 0 Å². The number of aliphatic hydroxyl groups is 2. The zero-order valence-corrected chi connectivity index (χ0v) is 26.8. The van der Waals surface area contributed by atoms with Crippen LogP contribution in [0.5, 0.6) is 0 Å². The molecular weight excluding hydrogens is 647 g/mol. The number of aliphatic hydroxyl groups excluding tert-OH is 2. The van der Waals surface area contributed by atoms with E-state index in [1.165, 1.54) is 13.8 Å². The summed E-state index contributed by atoms with van der Waals surface area (Å²) in [6, 6.07) is 14.6. The summed E-state index contributed by atoms with van der Waals surface area (Å²) < 4.78 is 67.9. The van der Waals surface area contributed by atoms with Crippen LogP contribution in [0.15, 0.2) is 36.4 Å². The van der Waals surface area contributed by atoms with Gasteiger partial charge in [-0.2, -0.15) is 10.5 Å². The van der Waals surface area contributed by atoms with E-state index in [1.807, 2.05) is 77.9 Å². The fraction of sp³-hybridized carbons (Fsp3) is 0.500. The maximum absolute atomic E-state index is 10.5. The fourth-order valence-corrected chi connectivity index (χ4v) is 2.38. The number of hydrogen-bond donors (Lipinski definition) is 2. The quantitative estimate of drug-likeness (QED) is 0.286. The van der Waals surface area contributed by atoms with Crippen molar-refractivity contribution in [2.75, 3.05) is 0 Å². The molecule has 2 atom stereocenters. The van der Waals surface area contributed by atoms with Gasteiger partial charge in [-0.3, -0.25) is 0 Å². The maximum atomic E-state index is 10.5. The number of rotatable bonds is 3. The van der Waals surface area contributed by atoms with Crippen molar-refractivity contribution in [1.82, 2.24) is 9.97 Å². The standard InChI is InChI=1S/C20H28N2O2.2C2H3N.2ClHO4.Fe.H2O/c1-19(2,3)17(23)15-11-7-9-13(21-15)14-10-8-12-16(22-14)18(24)20(4,5)6;2*1-2-3;2*2-1(3,4)5;;/h7-12,17-18,23-24H,1-6H3;2*1H3;2*(H,2,3,4,5);;1H2/q;;;;;+2;/p-2/t17-,18-;;;;;;/m1....../s1. The Hall–Kier alpha value is -2.06. The zero-order chi connectivity index (χ0) is 32.5. The largest absolute Gasteiger partial charge is 2.00 e. The van der Waals surface area contributed by atoms with Crippen LogP contribution in [-0.4, -0.2) is 25.7 Å². The molecule has 2 rings (SSSR count). The van der Waals surface area contributed by atoms with Crippen molar-refractivity contribution in [3.8, 4) is 23.5 Å². The van der Waals surface area contributed by atoms with Gasteiger partial charge < -0.3 is 15.7 Å². The van der Waals surface area contributed by atoms with Crippen LogP contribution in [0.2, 0.25) is 0 Å². The van der Waals surface area contributed by atoms with E-state index in [9.17, 15) is 10.2 Å². The molecule has 0 fully saturated rings. The molecule has 42 heavy (non-hydrogen) atoms. The molecule has 0 saturated heterocycles. The molecule has 0 aromatic carbocycles. The van der Waals surface area contributed by atoms with Crippen molar-refractivity contribution in [2.45, 2.75) is 67.6 Å². The molecule has 4 N–H and O–H groups in total. The predicted octanol–water partition coefficient (Wildman–Crippen LogP) is -4.98. The summed E-state index contributed by atoms with van der Waals surface area (Å²) in [4.78, 5) is 9.16. The molecule has 0 unspecified atom stereocenters. The molecule has 15 nitrogen and oxygen atoms in total. The monoisotopic (exact) mass is 682 g/mol. The third-order valence-corrected chi connectivity index (χ3v) is 4.00. The second-order valence-corrected chi connectivity index (χ2v) is 11.1. The Morgan fingerprint density at radius 1 is 0.643 bits per heavy atom. The van der Waals surface area contributed by atoms with E-state index in [0.29, 0.717) is 22.8 Å². The molecule has 0 radical (unpaired) electrons. The Kier molecular flexibility index (Phi) is 26.5. The van der Waals surface area contributed by atoms with Gasteiger partial charge in [-0.1, -0.05) is 53.7 Å². The molecule has 0 aliphatic heterocycles. The minimum Gasteiger partial charge on any atom is -0.412 e. The third kappa shape index (κ3) is 29.4. The van der Waals surface area contributed by atoms with Gasteiger partial charge in [0.1, 0.15) is 12.2 Å². The van der Waals surface area contributed by atoms with E-state index in [2.05, 4.69) is 9.97 Å². The van der Waals surface area contributed by atoms with Gasteiger partial charge in [0, 0.05) is 13.8 Å².